The Hall–Kier alpha value is -1.91. The molecule has 1 saturated heterocycles. The molecule has 3 heterocycles. The lowest BCUT2D eigenvalue weighted by Crippen LogP contribution is -2.43. The summed E-state index contributed by atoms with van der Waals surface area (Å²) < 4.78 is 2.08. The van der Waals surface area contributed by atoms with Crippen molar-refractivity contribution in [3.63, 3.8) is 0 Å². The topological polar surface area (TPSA) is 50.5 Å². The molecule has 1 amide bonds. The first-order valence-electron chi connectivity index (χ1n) is 9.38. The highest BCUT2D eigenvalue weighted by Crippen LogP contribution is 2.49. The normalized spacial score (nSPS) is 32.6. The highest BCUT2D eigenvalue weighted by atomic mass is 16.2. The highest BCUT2D eigenvalue weighted by molar-refractivity contribution is 5.80. The Morgan fingerprint density at radius 3 is 2.92 bits per heavy atom. The van der Waals surface area contributed by atoms with Crippen molar-refractivity contribution < 1.29 is 4.79 Å². The molecule has 4 unspecified atom stereocenters. The number of rotatable bonds is 2. The van der Waals surface area contributed by atoms with Crippen molar-refractivity contribution in [1.29, 1.82) is 0 Å². The largest absolute Gasteiger partial charge is 0.342 e. The fourth-order valence-corrected chi connectivity index (χ4v) is 5.31. The van der Waals surface area contributed by atoms with Crippen molar-refractivity contribution in [3.8, 4) is 0 Å². The van der Waals surface area contributed by atoms with E-state index in [-0.39, 0.29) is 0 Å². The summed E-state index contributed by atoms with van der Waals surface area (Å²) in [5, 5.41) is 8.71. The van der Waals surface area contributed by atoms with Gasteiger partial charge in [0.15, 0.2) is 5.65 Å². The Balaban J connectivity index is 1.35. The second kappa shape index (κ2) is 5.57. The lowest BCUT2D eigenvalue weighted by molar-refractivity contribution is -0.138. The second-order valence-corrected chi connectivity index (χ2v) is 7.89. The van der Waals surface area contributed by atoms with Crippen LogP contribution in [0.5, 0.6) is 0 Å². The van der Waals surface area contributed by atoms with Crippen LogP contribution in [0.15, 0.2) is 24.4 Å². The average Bonchev–Trinajstić information content (AvgIpc) is 3.36. The van der Waals surface area contributed by atoms with Crippen LogP contribution in [-0.4, -0.2) is 38.5 Å². The number of pyridine rings is 1. The smallest absolute Gasteiger partial charge is 0.225 e. The molecule has 4 atom stereocenters. The maximum atomic E-state index is 13.1. The van der Waals surface area contributed by atoms with Gasteiger partial charge in [0.25, 0.3) is 0 Å². The predicted molar refractivity (Wildman–Crippen MR) is 90.5 cm³/mol. The maximum absolute atomic E-state index is 13.1. The van der Waals surface area contributed by atoms with Crippen LogP contribution in [0, 0.1) is 17.8 Å². The molecule has 2 aromatic rings. The fraction of sp³-hybridized carbons (Fsp3) is 0.632. The fourth-order valence-electron chi connectivity index (χ4n) is 5.31. The first-order chi connectivity index (χ1) is 11.8. The maximum Gasteiger partial charge on any atom is 0.225 e. The van der Waals surface area contributed by atoms with Crippen LogP contribution in [0.3, 0.4) is 0 Å². The van der Waals surface area contributed by atoms with E-state index < -0.39 is 0 Å². The second-order valence-electron chi connectivity index (χ2n) is 7.89. The molecule has 0 radical (unpaired) electrons. The number of hydrogen-bond acceptors (Lipinski definition) is 3. The third-order valence-corrected chi connectivity index (χ3v) is 6.49. The van der Waals surface area contributed by atoms with Gasteiger partial charge < -0.3 is 4.90 Å². The zero-order chi connectivity index (χ0) is 16.1. The number of likely N-dealkylation sites (tertiary alicyclic amines) is 1. The van der Waals surface area contributed by atoms with E-state index in [2.05, 4.69) is 19.5 Å². The summed E-state index contributed by atoms with van der Waals surface area (Å²) in [5.41, 5.74) is 0.893. The summed E-state index contributed by atoms with van der Waals surface area (Å²) in [4.78, 5) is 15.2. The van der Waals surface area contributed by atoms with Gasteiger partial charge in [0, 0.05) is 31.1 Å². The third-order valence-electron chi connectivity index (χ3n) is 6.49. The molecule has 1 aliphatic heterocycles. The predicted octanol–water partition coefficient (Wildman–Crippen LogP) is 2.87. The Morgan fingerprint density at radius 1 is 1.12 bits per heavy atom. The summed E-state index contributed by atoms with van der Waals surface area (Å²) in [5.74, 6) is 3.52. The zero-order valence-corrected chi connectivity index (χ0v) is 14.0. The Morgan fingerprint density at radius 2 is 2.08 bits per heavy atom. The molecule has 0 aromatic carbocycles. The number of piperidine rings is 1. The van der Waals surface area contributed by atoms with E-state index in [9.17, 15) is 4.79 Å². The van der Waals surface area contributed by atoms with Crippen molar-refractivity contribution >= 4 is 11.6 Å². The van der Waals surface area contributed by atoms with Crippen molar-refractivity contribution in [2.45, 2.75) is 44.4 Å². The molecule has 24 heavy (non-hydrogen) atoms. The lowest BCUT2D eigenvalue weighted by atomic mass is 9.86. The van der Waals surface area contributed by atoms with Crippen LogP contribution >= 0.6 is 0 Å². The molecular weight excluding hydrogens is 300 g/mol. The Bertz CT molecular complexity index is 770. The van der Waals surface area contributed by atoms with E-state index in [4.69, 9.17) is 0 Å². The third kappa shape index (κ3) is 2.25. The van der Waals surface area contributed by atoms with Crippen LogP contribution < -0.4 is 0 Å². The van der Waals surface area contributed by atoms with Gasteiger partial charge in [-0.25, -0.2) is 0 Å². The molecule has 5 nitrogen and oxygen atoms in total. The molecule has 2 saturated carbocycles. The summed E-state index contributed by atoms with van der Waals surface area (Å²) in [7, 11) is 0. The summed E-state index contributed by atoms with van der Waals surface area (Å²) in [6, 6.07) is 5.98. The van der Waals surface area contributed by atoms with Gasteiger partial charge in [0.2, 0.25) is 5.91 Å². The molecule has 126 valence electrons. The number of aromatic nitrogens is 3. The highest BCUT2D eigenvalue weighted by Gasteiger charge is 2.45. The Labute approximate surface area is 142 Å². The van der Waals surface area contributed by atoms with Gasteiger partial charge in [0.1, 0.15) is 5.82 Å². The molecule has 2 aliphatic carbocycles. The number of fused-ring (bicyclic) bond motifs is 3. The van der Waals surface area contributed by atoms with E-state index in [1.165, 1.54) is 19.3 Å². The molecule has 0 N–H and O–H groups in total. The molecule has 5 heteroatoms. The summed E-state index contributed by atoms with van der Waals surface area (Å²) in [6.07, 6.45) is 9.24. The molecule has 5 rings (SSSR count). The van der Waals surface area contributed by atoms with E-state index in [0.29, 0.717) is 23.7 Å². The van der Waals surface area contributed by atoms with Crippen molar-refractivity contribution in [2.75, 3.05) is 13.1 Å². The molecule has 0 spiro atoms. The van der Waals surface area contributed by atoms with Gasteiger partial charge in [-0.1, -0.05) is 12.5 Å². The van der Waals surface area contributed by atoms with Gasteiger partial charge in [-0.15, -0.1) is 10.2 Å². The van der Waals surface area contributed by atoms with Gasteiger partial charge in [-0.3, -0.25) is 9.20 Å². The van der Waals surface area contributed by atoms with Crippen LogP contribution in [0.25, 0.3) is 5.65 Å². The molecule has 3 fully saturated rings. The van der Waals surface area contributed by atoms with Crippen molar-refractivity contribution in [1.82, 2.24) is 19.5 Å². The molecule has 3 aliphatic rings. The lowest BCUT2D eigenvalue weighted by Gasteiger charge is -2.35. The van der Waals surface area contributed by atoms with Gasteiger partial charge in [-0.05, 0) is 56.1 Å². The minimum atomic E-state index is 0.303. The molecule has 2 bridgehead atoms. The van der Waals surface area contributed by atoms with Crippen LogP contribution in [0.2, 0.25) is 0 Å². The minimum Gasteiger partial charge on any atom is -0.342 e. The van der Waals surface area contributed by atoms with Crippen LogP contribution in [0.4, 0.5) is 0 Å². The van der Waals surface area contributed by atoms with E-state index in [1.807, 2.05) is 24.4 Å². The summed E-state index contributed by atoms with van der Waals surface area (Å²) >= 11 is 0. The first kappa shape index (κ1) is 14.4. The minimum absolute atomic E-state index is 0.303. The van der Waals surface area contributed by atoms with Crippen molar-refractivity contribution in [3.05, 3.63) is 30.2 Å². The average molecular weight is 324 g/mol. The van der Waals surface area contributed by atoms with Crippen LogP contribution in [0.1, 0.15) is 50.3 Å². The number of hydrogen-bond donors (Lipinski definition) is 0. The van der Waals surface area contributed by atoms with E-state index >= 15 is 0 Å². The number of amides is 1. The van der Waals surface area contributed by atoms with Gasteiger partial charge in [-0.2, -0.15) is 0 Å². The zero-order valence-electron chi connectivity index (χ0n) is 14.0. The van der Waals surface area contributed by atoms with E-state index in [0.717, 1.165) is 49.7 Å². The molecule has 2 aromatic heterocycles. The van der Waals surface area contributed by atoms with Crippen molar-refractivity contribution in [2.24, 2.45) is 17.8 Å². The number of nitrogens with zero attached hydrogens (tertiary/aromatic N) is 4. The van der Waals surface area contributed by atoms with Gasteiger partial charge in [0.05, 0.1) is 0 Å². The monoisotopic (exact) mass is 324 g/mol. The number of carbonyl (C=O) groups is 1. The Kier molecular flexibility index (Phi) is 3.35. The van der Waals surface area contributed by atoms with E-state index in [1.54, 1.807) is 0 Å². The standard InChI is InChI=1S/C19H24N4O/c24-19(16-11-13-6-7-14(16)10-13)22-8-3-4-15(12-22)18-21-20-17-5-1-2-9-23(17)18/h1-2,5,9,13-16H,3-4,6-8,10-12H2. The first-order valence-corrected chi connectivity index (χ1v) is 9.38. The quantitative estimate of drug-likeness (QED) is 0.853. The molecular formula is C19H24N4O. The van der Waals surface area contributed by atoms with Gasteiger partial charge >= 0.3 is 0 Å². The summed E-state index contributed by atoms with van der Waals surface area (Å²) in [6.45, 7) is 1.72. The number of carbonyl (C=O) groups excluding carboxylic acids is 1. The SMILES string of the molecule is O=C(C1CC2CCC1C2)N1CCCC(c2nnc3ccccn23)C1. The van der Waals surface area contributed by atoms with Crippen LogP contribution in [-0.2, 0) is 4.79 Å².